The van der Waals surface area contributed by atoms with Crippen LogP contribution in [0.3, 0.4) is 0 Å². The van der Waals surface area contributed by atoms with E-state index in [0.29, 0.717) is 0 Å². The third kappa shape index (κ3) is 3.07. The summed E-state index contributed by atoms with van der Waals surface area (Å²) in [6.45, 7) is 4.21. The molecule has 0 bridgehead atoms. The van der Waals surface area contributed by atoms with E-state index in [4.69, 9.17) is 0 Å². The van der Waals surface area contributed by atoms with Crippen LogP contribution in [0.5, 0.6) is 0 Å². The molecule has 1 aromatic heterocycles. The van der Waals surface area contributed by atoms with Crippen molar-refractivity contribution in [2.24, 2.45) is 0 Å². The van der Waals surface area contributed by atoms with E-state index in [1.165, 1.54) is 5.56 Å². The summed E-state index contributed by atoms with van der Waals surface area (Å²) in [5.41, 5.74) is 3.42. The Labute approximate surface area is 110 Å². The lowest BCUT2D eigenvalue weighted by molar-refractivity contribution is 0.838. The Bertz CT molecular complexity index is 497. The van der Waals surface area contributed by atoms with Gasteiger partial charge in [-0.05, 0) is 43.7 Å². The van der Waals surface area contributed by atoms with Crippen molar-refractivity contribution < 1.29 is 0 Å². The molecule has 2 aromatic rings. The molecule has 2 nitrogen and oxygen atoms in total. The van der Waals surface area contributed by atoms with E-state index in [-0.39, 0.29) is 6.04 Å². The molecular formula is C14H15BrN2. The first-order valence-electron chi connectivity index (χ1n) is 5.60. The van der Waals surface area contributed by atoms with Gasteiger partial charge in [-0.1, -0.05) is 28.1 Å². The van der Waals surface area contributed by atoms with Gasteiger partial charge in [-0.25, -0.2) is 0 Å². The quantitative estimate of drug-likeness (QED) is 0.910. The number of hydrogen-bond acceptors (Lipinski definition) is 2. The second-order valence-electron chi connectivity index (χ2n) is 4.08. The maximum Gasteiger partial charge on any atom is 0.0657 e. The average molecular weight is 291 g/mol. The highest BCUT2D eigenvalue weighted by atomic mass is 79.9. The van der Waals surface area contributed by atoms with Gasteiger partial charge in [0, 0.05) is 16.4 Å². The Hall–Kier alpha value is -1.35. The van der Waals surface area contributed by atoms with Gasteiger partial charge >= 0.3 is 0 Å². The number of halogens is 1. The maximum absolute atomic E-state index is 4.35. The van der Waals surface area contributed by atoms with Gasteiger partial charge in [-0.2, -0.15) is 0 Å². The van der Waals surface area contributed by atoms with Crippen molar-refractivity contribution in [3.05, 3.63) is 58.3 Å². The topological polar surface area (TPSA) is 24.9 Å². The van der Waals surface area contributed by atoms with Gasteiger partial charge < -0.3 is 5.32 Å². The van der Waals surface area contributed by atoms with E-state index in [9.17, 15) is 0 Å². The fourth-order valence-corrected chi connectivity index (χ4v) is 2.05. The zero-order chi connectivity index (χ0) is 12.3. The van der Waals surface area contributed by atoms with E-state index >= 15 is 0 Å². The molecular weight excluding hydrogens is 276 g/mol. The first-order chi connectivity index (χ1) is 8.16. The van der Waals surface area contributed by atoms with Gasteiger partial charge in [0.2, 0.25) is 0 Å². The monoisotopic (exact) mass is 290 g/mol. The van der Waals surface area contributed by atoms with E-state index in [2.05, 4.69) is 52.2 Å². The molecule has 0 fully saturated rings. The van der Waals surface area contributed by atoms with E-state index < -0.39 is 0 Å². The SMILES string of the molecule is Cc1ccc(Br)cc1NC(C)c1ccccn1. The average Bonchev–Trinajstić information content (AvgIpc) is 2.35. The molecule has 0 aliphatic carbocycles. The Morgan fingerprint density at radius 2 is 2.06 bits per heavy atom. The largest absolute Gasteiger partial charge is 0.377 e. The van der Waals surface area contributed by atoms with E-state index in [0.717, 1.165) is 15.9 Å². The van der Waals surface area contributed by atoms with Gasteiger partial charge in [0.25, 0.3) is 0 Å². The van der Waals surface area contributed by atoms with Crippen LogP contribution < -0.4 is 5.32 Å². The van der Waals surface area contributed by atoms with Crippen molar-refractivity contribution >= 4 is 21.6 Å². The maximum atomic E-state index is 4.35. The van der Waals surface area contributed by atoms with Crippen molar-refractivity contribution in [1.82, 2.24) is 4.98 Å². The summed E-state index contributed by atoms with van der Waals surface area (Å²) in [5, 5.41) is 3.47. The smallest absolute Gasteiger partial charge is 0.0657 e. The predicted molar refractivity (Wildman–Crippen MR) is 75.2 cm³/mol. The highest BCUT2D eigenvalue weighted by Gasteiger charge is 2.07. The minimum atomic E-state index is 0.198. The molecule has 1 heterocycles. The lowest BCUT2D eigenvalue weighted by Gasteiger charge is -2.16. The van der Waals surface area contributed by atoms with Crippen LogP contribution in [-0.2, 0) is 0 Å². The van der Waals surface area contributed by atoms with Crippen molar-refractivity contribution in [3.63, 3.8) is 0 Å². The number of aromatic nitrogens is 1. The van der Waals surface area contributed by atoms with Crippen LogP contribution in [0, 0.1) is 6.92 Å². The summed E-state index contributed by atoms with van der Waals surface area (Å²) in [5.74, 6) is 0. The first kappa shape index (κ1) is 12.1. The summed E-state index contributed by atoms with van der Waals surface area (Å²) in [7, 11) is 0. The molecule has 0 amide bonds. The molecule has 88 valence electrons. The Kier molecular flexibility index (Phi) is 3.79. The van der Waals surface area contributed by atoms with Crippen molar-refractivity contribution in [3.8, 4) is 0 Å². The Morgan fingerprint density at radius 1 is 1.24 bits per heavy atom. The molecule has 0 saturated heterocycles. The standard InChI is InChI=1S/C14H15BrN2/c1-10-6-7-12(15)9-14(10)17-11(2)13-5-3-4-8-16-13/h3-9,11,17H,1-2H3. The zero-order valence-corrected chi connectivity index (χ0v) is 11.5. The number of pyridine rings is 1. The normalized spacial score (nSPS) is 12.2. The molecule has 1 N–H and O–H groups in total. The highest BCUT2D eigenvalue weighted by molar-refractivity contribution is 9.10. The fourth-order valence-electron chi connectivity index (χ4n) is 1.69. The lowest BCUT2D eigenvalue weighted by Crippen LogP contribution is -2.09. The first-order valence-corrected chi connectivity index (χ1v) is 6.40. The number of benzene rings is 1. The predicted octanol–water partition coefficient (Wildman–Crippen LogP) is 4.33. The summed E-state index contributed by atoms with van der Waals surface area (Å²) in [4.78, 5) is 4.35. The summed E-state index contributed by atoms with van der Waals surface area (Å²) >= 11 is 3.49. The number of rotatable bonds is 3. The van der Waals surface area contributed by atoms with E-state index in [1.807, 2.05) is 30.5 Å². The van der Waals surface area contributed by atoms with Crippen molar-refractivity contribution in [2.45, 2.75) is 19.9 Å². The Balaban J connectivity index is 2.18. The minimum absolute atomic E-state index is 0.198. The van der Waals surface area contributed by atoms with Crippen LogP contribution >= 0.6 is 15.9 Å². The zero-order valence-electron chi connectivity index (χ0n) is 9.94. The number of hydrogen-bond donors (Lipinski definition) is 1. The van der Waals surface area contributed by atoms with Crippen LogP contribution in [0.4, 0.5) is 5.69 Å². The van der Waals surface area contributed by atoms with Crippen molar-refractivity contribution in [2.75, 3.05) is 5.32 Å². The van der Waals surface area contributed by atoms with Gasteiger partial charge in [0.05, 0.1) is 11.7 Å². The molecule has 0 spiro atoms. The molecule has 1 atom stereocenters. The molecule has 0 aliphatic heterocycles. The molecule has 1 unspecified atom stereocenters. The van der Waals surface area contributed by atoms with Crippen LogP contribution in [0.15, 0.2) is 47.1 Å². The van der Waals surface area contributed by atoms with Gasteiger partial charge in [0.15, 0.2) is 0 Å². The van der Waals surface area contributed by atoms with Crippen molar-refractivity contribution in [1.29, 1.82) is 0 Å². The van der Waals surface area contributed by atoms with Crippen LogP contribution in [0.2, 0.25) is 0 Å². The van der Waals surface area contributed by atoms with Gasteiger partial charge in [0.1, 0.15) is 0 Å². The summed E-state index contributed by atoms with van der Waals surface area (Å²) in [6.07, 6.45) is 1.82. The third-order valence-electron chi connectivity index (χ3n) is 2.70. The second-order valence-corrected chi connectivity index (χ2v) is 5.00. The Morgan fingerprint density at radius 3 is 2.76 bits per heavy atom. The number of aryl methyl sites for hydroxylation is 1. The van der Waals surface area contributed by atoms with E-state index in [1.54, 1.807) is 0 Å². The van der Waals surface area contributed by atoms with Crippen LogP contribution in [0.25, 0.3) is 0 Å². The highest BCUT2D eigenvalue weighted by Crippen LogP contribution is 2.24. The van der Waals surface area contributed by atoms with Crippen LogP contribution in [0.1, 0.15) is 24.2 Å². The number of anilines is 1. The number of nitrogens with zero attached hydrogens (tertiary/aromatic N) is 1. The fraction of sp³-hybridized carbons (Fsp3) is 0.214. The molecule has 0 saturated carbocycles. The molecule has 0 aliphatic rings. The molecule has 2 rings (SSSR count). The number of nitrogens with one attached hydrogen (secondary N) is 1. The summed E-state index contributed by atoms with van der Waals surface area (Å²) < 4.78 is 1.08. The minimum Gasteiger partial charge on any atom is -0.377 e. The molecule has 0 radical (unpaired) electrons. The molecule has 3 heteroatoms. The van der Waals surface area contributed by atoms with Crippen LogP contribution in [-0.4, -0.2) is 4.98 Å². The van der Waals surface area contributed by atoms with Gasteiger partial charge in [-0.3, -0.25) is 4.98 Å². The second kappa shape index (κ2) is 5.32. The lowest BCUT2D eigenvalue weighted by atomic mass is 10.1. The van der Waals surface area contributed by atoms with Gasteiger partial charge in [-0.15, -0.1) is 0 Å². The summed E-state index contributed by atoms with van der Waals surface area (Å²) in [6, 6.07) is 12.4. The molecule has 1 aromatic carbocycles. The third-order valence-corrected chi connectivity index (χ3v) is 3.20. The molecule has 17 heavy (non-hydrogen) atoms.